The van der Waals surface area contributed by atoms with E-state index in [1.807, 2.05) is 35.1 Å². The second-order valence-electron chi connectivity index (χ2n) is 11.8. The number of halogens is 1. The fraction of sp³-hybridized carbons (Fsp3) is 0.105. The summed E-state index contributed by atoms with van der Waals surface area (Å²) in [7, 11) is 0. The fourth-order valence-corrected chi connectivity index (χ4v) is 8.15. The molecule has 3 aromatic carbocycles. The molecule has 1 N–H and O–H groups in total. The highest BCUT2D eigenvalue weighted by molar-refractivity contribution is 7.22. The topological polar surface area (TPSA) is 72.4 Å². The lowest BCUT2D eigenvalue weighted by atomic mass is 10.1. The second-order valence-corrected chi connectivity index (χ2v) is 14.3. The number of rotatable bonds is 4. The molecule has 0 amide bonds. The van der Waals surface area contributed by atoms with Crippen LogP contribution in [0.25, 0.3) is 52.6 Å². The Hall–Kier alpha value is -5.09. The summed E-state index contributed by atoms with van der Waals surface area (Å²) in [6.07, 6.45) is 3.75. The van der Waals surface area contributed by atoms with Gasteiger partial charge in [-0.3, -0.25) is 0 Å². The number of hydrogen-bond acceptors (Lipinski definition) is 7. The van der Waals surface area contributed by atoms with Gasteiger partial charge in [0.05, 0.1) is 22.1 Å². The first kappa shape index (κ1) is 30.3. The van der Waals surface area contributed by atoms with Crippen molar-refractivity contribution in [2.24, 2.45) is 0 Å². The van der Waals surface area contributed by atoms with Crippen molar-refractivity contribution in [3.63, 3.8) is 0 Å². The summed E-state index contributed by atoms with van der Waals surface area (Å²) in [4.78, 5) is 11.2. The van der Waals surface area contributed by atoms with E-state index < -0.39 is 0 Å². The molecule has 0 saturated carbocycles. The molecule has 7 nitrogen and oxygen atoms in total. The van der Waals surface area contributed by atoms with Gasteiger partial charge in [-0.15, -0.1) is 27.8 Å². The van der Waals surface area contributed by atoms with Crippen molar-refractivity contribution >= 4 is 77.2 Å². The number of nitrogens with zero attached hydrogens (tertiary/aromatic N) is 6. The molecule has 0 aliphatic carbocycles. The number of fused-ring (bicyclic) bond motifs is 4. The van der Waals surface area contributed by atoms with Crippen molar-refractivity contribution < 1.29 is 0 Å². The second kappa shape index (κ2) is 12.2. The van der Waals surface area contributed by atoms with Gasteiger partial charge in [-0.25, -0.2) is 19.0 Å². The van der Waals surface area contributed by atoms with Crippen LogP contribution < -0.4 is 5.32 Å². The van der Waals surface area contributed by atoms with Crippen LogP contribution in [-0.4, -0.2) is 29.2 Å². The average molecular weight is 684 g/mol. The van der Waals surface area contributed by atoms with Crippen LogP contribution in [0.5, 0.6) is 0 Å². The molecule has 9 rings (SSSR count). The Labute approximate surface area is 290 Å². The quantitative estimate of drug-likeness (QED) is 0.200. The summed E-state index contributed by atoms with van der Waals surface area (Å²) in [5, 5.41) is 15.5. The fourth-order valence-electron chi connectivity index (χ4n) is 5.76. The number of hydrogen-bond donors (Lipinski definition) is 1. The minimum atomic E-state index is 0.467. The van der Waals surface area contributed by atoms with Gasteiger partial charge in [-0.1, -0.05) is 54.1 Å². The van der Waals surface area contributed by atoms with E-state index in [-0.39, 0.29) is 0 Å². The molecule has 0 aliphatic rings. The molecule has 48 heavy (non-hydrogen) atoms. The molecule has 9 aromatic rings. The molecule has 0 radical (unpaired) electrons. The summed E-state index contributed by atoms with van der Waals surface area (Å²) in [5.41, 5.74) is 9.80. The van der Waals surface area contributed by atoms with Crippen molar-refractivity contribution in [1.82, 2.24) is 29.2 Å². The SMILES string of the molecule is Cc1ccc(Nc2ccc3ncc(-c4cc5cccc(C)c5s4)n3n2)cc1C.Cc1cccc2cc(-c3cnc4ccc(Cl)nn34)sc12. The van der Waals surface area contributed by atoms with E-state index in [2.05, 4.69) is 115 Å². The molecule has 0 fully saturated rings. The van der Waals surface area contributed by atoms with E-state index in [4.69, 9.17) is 16.7 Å². The highest BCUT2D eigenvalue weighted by Gasteiger charge is 2.14. The normalized spacial score (nSPS) is 11.4. The van der Waals surface area contributed by atoms with E-state index >= 15 is 0 Å². The number of anilines is 2. The van der Waals surface area contributed by atoms with Crippen molar-refractivity contribution in [2.75, 3.05) is 5.32 Å². The first-order chi connectivity index (χ1) is 23.3. The Kier molecular flexibility index (Phi) is 7.67. The van der Waals surface area contributed by atoms with Gasteiger partial charge >= 0.3 is 0 Å². The molecule has 0 atom stereocenters. The van der Waals surface area contributed by atoms with Crippen molar-refractivity contribution in [1.29, 1.82) is 0 Å². The summed E-state index contributed by atoms with van der Waals surface area (Å²) in [6, 6.07) is 31.1. The van der Waals surface area contributed by atoms with E-state index in [1.165, 1.54) is 47.3 Å². The lowest BCUT2D eigenvalue weighted by molar-refractivity contribution is 0.945. The van der Waals surface area contributed by atoms with Gasteiger partial charge in [0.2, 0.25) is 0 Å². The molecule has 236 valence electrons. The Bertz CT molecular complexity index is 2630. The predicted molar refractivity (Wildman–Crippen MR) is 201 cm³/mol. The number of thiophene rings is 2. The Balaban J connectivity index is 0.000000148. The summed E-state index contributed by atoms with van der Waals surface area (Å²) in [5.74, 6) is 0.798. The lowest BCUT2D eigenvalue weighted by Crippen LogP contribution is -2.00. The third kappa shape index (κ3) is 5.60. The first-order valence-electron chi connectivity index (χ1n) is 15.5. The maximum Gasteiger partial charge on any atom is 0.154 e. The summed E-state index contributed by atoms with van der Waals surface area (Å²) < 4.78 is 6.34. The summed E-state index contributed by atoms with van der Waals surface area (Å²) in [6.45, 7) is 8.52. The zero-order valence-corrected chi connectivity index (χ0v) is 29.1. The van der Waals surface area contributed by atoms with Crippen LogP contribution in [0.2, 0.25) is 5.15 Å². The third-order valence-corrected chi connectivity index (χ3v) is 11.3. The Morgan fingerprint density at radius 1 is 0.583 bits per heavy atom. The molecule has 0 unspecified atom stereocenters. The molecule has 0 spiro atoms. The first-order valence-corrected chi connectivity index (χ1v) is 17.5. The van der Waals surface area contributed by atoms with E-state index in [0.717, 1.165) is 39.1 Å². The summed E-state index contributed by atoms with van der Waals surface area (Å²) >= 11 is 9.53. The van der Waals surface area contributed by atoms with Crippen molar-refractivity contribution in [2.45, 2.75) is 27.7 Å². The molecule has 0 bridgehead atoms. The zero-order chi connectivity index (χ0) is 32.9. The number of aromatic nitrogens is 6. The van der Waals surface area contributed by atoms with Gasteiger partial charge in [0.1, 0.15) is 16.5 Å². The van der Waals surface area contributed by atoms with Crippen LogP contribution in [0.15, 0.2) is 103 Å². The predicted octanol–water partition coefficient (Wildman–Crippen LogP) is 10.9. The van der Waals surface area contributed by atoms with Crippen molar-refractivity contribution in [3.05, 3.63) is 131 Å². The number of imidazole rings is 2. The highest BCUT2D eigenvalue weighted by Crippen LogP contribution is 2.36. The largest absolute Gasteiger partial charge is 0.339 e. The van der Waals surface area contributed by atoms with E-state index in [0.29, 0.717) is 5.15 Å². The van der Waals surface area contributed by atoms with Crippen LogP contribution >= 0.6 is 34.3 Å². The van der Waals surface area contributed by atoms with E-state index in [9.17, 15) is 0 Å². The number of aryl methyl sites for hydroxylation is 4. The van der Waals surface area contributed by atoms with Gasteiger partial charge < -0.3 is 5.32 Å². The maximum atomic E-state index is 5.98. The highest BCUT2D eigenvalue weighted by atomic mass is 35.5. The minimum absolute atomic E-state index is 0.467. The molecule has 0 saturated heterocycles. The smallest absolute Gasteiger partial charge is 0.154 e. The number of benzene rings is 3. The van der Waals surface area contributed by atoms with Crippen LogP contribution in [0.1, 0.15) is 22.3 Å². The molecular weight excluding hydrogens is 654 g/mol. The standard InChI is InChI=1S/C23H20N4S.C15H10ClN3S/c1-14-7-8-18(11-16(14)3)25-21-9-10-22-24-13-19(27(22)26-21)20-12-17-6-4-5-15(2)23(17)28-20;1-9-3-2-4-10-7-12(20-15(9)10)11-8-17-14-6-5-13(16)18-19(11)14/h4-13H,1-3H3,(H,25,26);2-8H,1H3. The molecule has 0 aliphatic heterocycles. The van der Waals surface area contributed by atoms with Crippen LogP contribution in [0.4, 0.5) is 11.5 Å². The molecular formula is C38H30ClN7S2. The van der Waals surface area contributed by atoms with Gasteiger partial charge in [-0.05, 0) is 109 Å². The molecule has 10 heteroatoms. The lowest BCUT2D eigenvalue weighted by Gasteiger charge is -2.08. The number of nitrogens with one attached hydrogen (secondary N) is 1. The van der Waals surface area contributed by atoms with E-state index in [1.54, 1.807) is 33.3 Å². The van der Waals surface area contributed by atoms with Gasteiger partial charge in [0, 0.05) is 15.1 Å². The Morgan fingerprint density at radius 3 is 1.75 bits per heavy atom. The maximum absolute atomic E-state index is 5.98. The van der Waals surface area contributed by atoms with Crippen molar-refractivity contribution in [3.8, 4) is 21.1 Å². The average Bonchev–Trinajstić information content (AvgIpc) is 3.87. The minimum Gasteiger partial charge on any atom is -0.339 e. The van der Waals surface area contributed by atoms with Gasteiger partial charge in [-0.2, -0.15) is 5.10 Å². The van der Waals surface area contributed by atoms with Gasteiger partial charge in [0.15, 0.2) is 17.1 Å². The monoisotopic (exact) mass is 683 g/mol. The van der Waals surface area contributed by atoms with Crippen LogP contribution in [-0.2, 0) is 0 Å². The van der Waals surface area contributed by atoms with Crippen LogP contribution in [0.3, 0.4) is 0 Å². The Morgan fingerprint density at radius 2 is 1.17 bits per heavy atom. The van der Waals surface area contributed by atoms with Crippen LogP contribution in [0, 0.1) is 27.7 Å². The molecule has 6 aromatic heterocycles. The zero-order valence-electron chi connectivity index (χ0n) is 26.7. The molecule has 6 heterocycles. The van der Waals surface area contributed by atoms with Gasteiger partial charge in [0.25, 0.3) is 0 Å². The third-order valence-electron chi connectivity index (χ3n) is 8.46.